The minimum absolute atomic E-state index is 0.448. The standard InChI is InChI=1S/C8H16IO3/c1-4-5-11-8(10)12-9-6-7(2)3/h7H,4-6H2,1-3H3/q-1. The third kappa shape index (κ3) is 8.10. The van der Waals surface area contributed by atoms with Crippen LogP contribution in [0.1, 0.15) is 27.2 Å². The van der Waals surface area contributed by atoms with E-state index in [0.29, 0.717) is 12.5 Å². The molecule has 0 saturated heterocycles. The molecule has 4 heteroatoms. The average Bonchev–Trinajstić information content (AvgIpc) is 2.00. The third-order valence-electron chi connectivity index (χ3n) is 0.913. The van der Waals surface area contributed by atoms with Crippen molar-refractivity contribution >= 4 is 6.16 Å². The molecule has 0 heterocycles. The Balaban J connectivity index is 3.20. The molecule has 0 unspecified atom stereocenters. The summed E-state index contributed by atoms with van der Waals surface area (Å²) in [7, 11) is 0. The van der Waals surface area contributed by atoms with Crippen LogP contribution in [0, 0.1) is 5.92 Å². The molecule has 0 aromatic carbocycles. The predicted molar refractivity (Wildman–Crippen MR) is 42.4 cm³/mol. The molecule has 0 spiro atoms. The molecule has 0 aliphatic rings. The van der Waals surface area contributed by atoms with Gasteiger partial charge in [-0.1, -0.05) is 0 Å². The van der Waals surface area contributed by atoms with E-state index in [-0.39, 0.29) is 0 Å². The van der Waals surface area contributed by atoms with Crippen LogP contribution in [0.5, 0.6) is 0 Å². The van der Waals surface area contributed by atoms with E-state index in [0.717, 1.165) is 10.8 Å². The number of alkyl halides is 1. The Kier molecular flexibility index (Phi) is 7.64. The van der Waals surface area contributed by atoms with Crippen molar-refractivity contribution in [3.8, 4) is 0 Å². The van der Waals surface area contributed by atoms with Crippen molar-refractivity contribution in [3.63, 3.8) is 0 Å². The first-order valence-corrected chi connectivity index (χ1v) is 6.50. The van der Waals surface area contributed by atoms with Gasteiger partial charge in [-0.05, 0) is 0 Å². The van der Waals surface area contributed by atoms with Crippen LogP contribution in [-0.2, 0) is 7.80 Å². The molecule has 0 atom stereocenters. The minimum atomic E-state index is -0.495. The van der Waals surface area contributed by atoms with E-state index in [4.69, 9.17) is 7.80 Å². The van der Waals surface area contributed by atoms with Crippen LogP contribution in [0.15, 0.2) is 0 Å². The number of ether oxygens (including phenoxy) is 1. The van der Waals surface area contributed by atoms with Gasteiger partial charge in [-0.3, -0.25) is 0 Å². The van der Waals surface area contributed by atoms with Gasteiger partial charge < -0.3 is 0 Å². The zero-order chi connectivity index (χ0) is 9.40. The van der Waals surface area contributed by atoms with Crippen LogP contribution in [-0.4, -0.2) is 17.2 Å². The molecule has 0 aromatic heterocycles. The first kappa shape index (κ1) is 12.0. The van der Waals surface area contributed by atoms with Gasteiger partial charge in [0.1, 0.15) is 0 Å². The fraction of sp³-hybridized carbons (Fsp3) is 0.875. The summed E-state index contributed by atoms with van der Waals surface area (Å²) in [5.74, 6) is 0.608. The molecule has 3 nitrogen and oxygen atoms in total. The van der Waals surface area contributed by atoms with Crippen molar-refractivity contribution in [1.82, 2.24) is 0 Å². The van der Waals surface area contributed by atoms with E-state index in [9.17, 15) is 4.79 Å². The molecule has 74 valence electrons. The molecular weight excluding hydrogens is 271 g/mol. The number of hydrogen-bond acceptors (Lipinski definition) is 3. The molecule has 0 aliphatic heterocycles. The topological polar surface area (TPSA) is 35.5 Å². The monoisotopic (exact) mass is 287 g/mol. The Bertz CT molecular complexity index is 125. The van der Waals surface area contributed by atoms with Crippen LogP contribution >= 0.6 is 0 Å². The van der Waals surface area contributed by atoms with Gasteiger partial charge in [0.15, 0.2) is 0 Å². The summed E-state index contributed by atoms with van der Waals surface area (Å²) >= 11 is -0.448. The maximum atomic E-state index is 10.8. The van der Waals surface area contributed by atoms with Gasteiger partial charge in [0.2, 0.25) is 0 Å². The average molecular weight is 287 g/mol. The number of carbonyl (C=O) groups excluding carboxylic acids is 1. The second kappa shape index (κ2) is 7.64. The molecular formula is C8H16IO3-. The van der Waals surface area contributed by atoms with Crippen molar-refractivity contribution in [1.29, 1.82) is 0 Å². The Hall–Kier alpha value is 0. The van der Waals surface area contributed by atoms with E-state index in [1.807, 2.05) is 6.92 Å². The molecule has 0 N–H and O–H groups in total. The number of rotatable bonds is 5. The van der Waals surface area contributed by atoms with Crippen molar-refractivity contribution in [3.05, 3.63) is 0 Å². The van der Waals surface area contributed by atoms with Gasteiger partial charge in [-0.2, -0.15) is 0 Å². The summed E-state index contributed by atoms with van der Waals surface area (Å²) < 4.78 is 10.6. The zero-order valence-corrected chi connectivity index (χ0v) is 9.96. The fourth-order valence-corrected chi connectivity index (χ4v) is 1.69. The van der Waals surface area contributed by atoms with Crippen molar-refractivity contribution in [2.45, 2.75) is 27.2 Å². The van der Waals surface area contributed by atoms with Crippen molar-refractivity contribution in [2.75, 3.05) is 11.0 Å². The number of carbonyl (C=O) groups is 1. The molecule has 0 radical (unpaired) electrons. The van der Waals surface area contributed by atoms with Gasteiger partial charge >= 0.3 is 84.5 Å². The first-order chi connectivity index (χ1) is 5.66. The Labute approximate surface area is 84.6 Å². The summed E-state index contributed by atoms with van der Waals surface area (Å²) in [6.45, 7) is 6.64. The second-order valence-corrected chi connectivity index (χ2v) is 4.78. The predicted octanol–water partition coefficient (Wildman–Crippen LogP) is -0.790. The zero-order valence-electron chi connectivity index (χ0n) is 7.80. The SMILES string of the molecule is CCCOC(=O)O[I-]CC(C)C. The van der Waals surface area contributed by atoms with Crippen molar-refractivity contribution in [2.24, 2.45) is 5.92 Å². The van der Waals surface area contributed by atoms with E-state index in [1.54, 1.807) is 0 Å². The van der Waals surface area contributed by atoms with Crippen LogP contribution < -0.4 is 21.6 Å². The molecule has 0 saturated carbocycles. The third-order valence-corrected chi connectivity index (χ3v) is 3.71. The summed E-state index contributed by atoms with van der Waals surface area (Å²) in [5.41, 5.74) is 0. The van der Waals surface area contributed by atoms with E-state index in [2.05, 4.69) is 13.8 Å². The first-order valence-electron chi connectivity index (χ1n) is 4.09. The van der Waals surface area contributed by atoms with Gasteiger partial charge in [0.05, 0.1) is 0 Å². The molecule has 0 amide bonds. The molecule has 0 aliphatic carbocycles. The van der Waals surface area contributed by atoms with Gasteiger partial charge in [-0.25, -0.2) is 0 Å². The number of halogens is 1. The summed E-state index contributed by atoms with van der Waals surface area (Å²) in [4.78, 5) is 10.8. The van der Waals surface area contributed by atoms with E-state index >= 15 is 0 Å². The van der Waals surface area contributed by atoms with Gasteiger partial charge in [0.25, 0.3) is 0 Å². The quantitative estimate of drug-likeness (QED) is 0.378. The van der Waals surface area contributed by atoms with Crippen LogP contribution in [0.3, 0.4) is 0 Å². The summed E-state index contributed by atoms with van der Waals surface area (Å²) in [6.07, 6.45) is 0.350. The van der Waals surface area contributed by atoms with Gasteiger partial charge in [0, 0.05) is 0 Å². The van der Waals surface area contributed by atoms with Crippen LogP contribution in [0.25, 0.3) is 0 Å². The fourth-order valence-electron chi connectivity index (χ4n) is 0.410. The molecule has 0 fully saturated rings. The van der Waals surface area contributed by atoms with Crippen molar-refractivity contribution < 1.29 is 34.2 Å². The molecule has 0 aromatic rings. The maximum absolute atomic E-state index is 10.8. The van der Waals surface area contributed by atoms with E-state index < -0.39 is 27.8 Å². The van der Waals surface area contributed by atoms with Gasteiger partial charge in [-0.15, -0.1) is 0 Å². The second-order valence-electron chi connectivity index (χ2n) is 2.83. The summed E-state index contributed by atoms with van der Waals surface area (Å²) in [5, 5.41) is 0. The van der Waals surface area contributed by atoms with Crippen LogP contribution in [0.4, 0.5) is 4.79 Å². The molecule has 0 rings (SSSR count). The Morgan fingerprint density at radius 1 is 1.50 bits per heavy atom. The van der Waals surface area contributed by atoms with Crippen LogP contribution in [0.2, 0.25) is 0 Å². The Morgan fingerprint density at radius 3 is 2.67 bits per heavy atom. The number of hydrogen-bond donors (Lipinski definition) is 0. The summed E-state index contributed by atoms with van der Waals surface area (Å²) in [6, 6.07) is 0. The normalized spacial score (nSPS) is 10.3. The molecule has 0 bridgehead atoms. The Morgan fingerprint density at radius 2 is 2.17 bits per heavy atom. The molecule has 12 heavy (non-hydrogen) atoms. The van der Waals surface area contributed by atoms with E-state index in [1.165, 1.54) is 0 Å².